The molecule has 6 rings (SSSR count). The van der Waals surface area contributed by atoms with Gasteiger partial charge in [0.1, 0.15) is 40.4 Å². The van der Waals surface area contributed by atoms with Gasteiger partial charge in [0.25, 0.3) is 0 Å². The number of aliphatic hydroxyl groups excluding tert-OH is 1. The van der Waals surface area contributed by atoms with Crippen molar-refractivity contribution in [3.8, 4) is 0 Å². The van der Waals surface area contributed by atoms with E-state index in [4.69, 9.17) is 14.2 Å². The van der Waals surface area contributed by atoms with E-state index in [2.05, 4.69) is 37.1 Å². The number of aromatic nitrogens is 3. The van der Waals surface area contributed by atoms with Crippen molar-refractivity contribution in [2.45, 2.75) is 198 Å². The number of amides is 3. The van der Waals surface area contributed by atoms with Crippen LogP contribution in [0.5, 0.6) is 0 Å². The van der Waals surface area contributed by atoms with Crippen molar-refractivity contribution in [1.82, 2.24) is 30.9 Å². The van der Waals surface area contributed by atoms with E-state index in [-0.39, 0.29) is 45.8 Å². The molecular weight excluding hydrogens is 945 g/mol. The van der Waals surface area contributed by atoms with Gasteiger partial charge < -0.3 is 62.0 Å². The molecule has 3 aliphatic rings. The van der Waals surface area contributed by atoms with E-state index in [1.54, 1.807) is 90.5 Å². The number of aliphatic hydroxyl groups is 1. The average molecular weight is 1020 g/mol. The summed E-state index contributed by atoms with van der Waals surface area (Å²) < 4.78 is 15.9. The van der Waals surface area contributed by atoms with Crippen LogP contribution in [-0.4, -0.2) is 107 Å². The summed E-state index contributed by atoms with van der Waals surface area (Å²) in [4.78, 5) is 72.0. The Kier molecular flexibility index (Phi) is 26.5. The van der Waals surface area contributed by atoms with Crippen molar-refractivity contribution in [2.75, 3.05) is 0 Å². The number of aldehydes is 1. The zero-order valence-electron chi connectivity index (χ0n) is 41.8. The fourth-order valence-corrected chi connectivity index (χ4v) is 8.02. The van der Waals surface area contributed by atoms with Crippen molar-refractivity contribution in [1.29, 1.82) is 0 Å². The second kappa shape index (κ2) is 29.1. The first-order valence-electron chi connectivity index (χ1n) is 23.3. The molecule has 3 heterocycles. The molecule has 3 fully saturated rings. The van der Waals surface area contributed by atoms with E-state index in [1.165, 1.54) is 0 Å². The zero-order valence-corrected chi connectivity index (χ0v) is 44.8. The van der Waals surface area contributed by atoms with Gasteiger partial charge >= 0.3 is 41.3 Å². The van der Waals surface area contributed by atoms with Gasteiger partial charge in [0.2, 0.25) is 5.78 Å². The Bertz CT molecular complexity index is 1900. The molecular formula is C51H75BrMgN6O9. The molecule has 15 nitrogen and oxygen atoms in total. The number of ether oxygens (including phenoxy) is 3. The number of hydrogen-bond donors (Lipinski definition) is 4. The second-order valence-corrected chi connectivity index (χ2v) is 20.2. The van der Waals surface area contributed by atoms with Gasteiger partial charge in [0.15, 0.2) is 0 Å². The van der Waals surface area contributed by atoms with Crippen molar-refractivity contribution in [2.24, 2.45) is 0 Å². The maximum absolute atomic E-state index is 12.9. The quantitative estimate of drug-likeness (QED) is 0.0608. The summed E-state index contributed by atoms with van der Waals surface area (Å²) in [5.74, 6) is -0.126. The third-order valence-corrected chi connectivity index (χ3v) is 11.0. The zero-order chi connectivity index (χ0) is 48.9. The number of halogens is 1. The van der Waals surface area contributed by atoms with E-state index in [0.29, 0.717) is 24.2 Å². The molecule has 0 saturated heterocycles. The van der Waals surface area contributed by atoms with E-state index in [0.717, 1.165) is 89.8 Å². The summed E-state index contributed by atoms with van der Waals surface area (Å²) in [5.41, 5.74) is -2.99. The summed E-state index contributed by atoms with van der Waals surface area (Å²) in [5, 5.41) is 19.3. The molecule has 0 aliphatic heterocycles. The molecule has 3 aromatic rings. The van der Waals surface area contributed by atoms with Crippen LogP contribution in [0.2, 0.25) is 0 Å². The molecule has 1 unspecified atom stereocenters. The number of carbonyl (C=O) groups is 5. The predicted molar refractivity (Wildman–Crippen MR) is 258 cm³/mol. The molecule has 0 spiro atoms. The average Bonchev–Trinajstić information content (AvgIpc) is 3.26. The fraction of sp³-hybridized carbons (Fsp3) is 0.608. The van der Waals surface area contributed by atoms with Crippen LogP contribution in [0, 0.1) is 6.20 Å². The first kappa shape index (κ1) is 61.8. The molecule has 372 valence electrons. The third-order valence-electron chi connectivity index (χ3n) is 11.0. The standard InChI is InChI=1S/C17H26N2O3.C17H24N2O3.C12H21NO3.C5H4N.BrH.Mg/c2*1-16(2,3)22-15(21)19-17(10-6-4-7-11-17)14(20)13-9-5-8-12-18-13;1-11(2,3)16-10(15)13-12(9-14)7-5-4-6-8-12;1-2-4-6-5-3-1;;/h5,8-9,12,14,20H,4,6-7,10-11H2,1-3H3,(H,19,21);5,8-9,12H,4,6-7,10-11H2,1-3H3,(H,19,21);9H,4-8H2,1-3H3,(H,13,15);1-4H;1H;/q;;;-1;;+2/p-1. The molecule has 3 amide bonds. The van der Waals surface area contributed by atoms with Gasteiger partial charge in [-0.15, -0.1) is 0 Å². The van der Waals surface area contributed by atoms with Crippen LogP contribution in [-0.2, 0) is 19.0 Å². The fourth-order valence-electron chi connectivity index (χ4n) is 8.02. The van der Waals surface area contributed by atoms with Crippen molar-refractivity contribution >= 4 is 53.4 Å². The van der Waals surface area contributed by atoms with Crippen LogP contribution in [0.25, 0.3) is 0 Å². The maximum atomic E-state index is 12.9. The van der Waals surface area contributed by atoms with Crippen LogP contribution in [0.3, 0.4) is 0 Å². The summed E-state index contributed by atoms with van der Waals surface area (Å²) in [6.07, 6.45) is 19.3. The molecule has 0 bridgehead atoms. The maximum Gasteiger partial charge on any atom is 2.00 e. The SMILES string of the molecule is CC(C)(C)OC(=O)NC1(C(=O)c2ccccn2)CCCCC1.CC(C)(C)OC(=O)NC1(C(O)c2ccccn2)CCCCC1.CC(C)(C)OC(=O)NC1(C=O)CCCCC1.[Br-].[Mg+2].[c-]1ccccn1. The first-order chi connectivity index (χ1) is 31.0. The molecule has 0 radical (unpaired) electrons. The van der Waals surface area contributed by atoms with Crippen molar-refractivity contribution in [3.05, 3.63) is 90.8 Å². The number of hydrogen-bond acceptors (Lipinski definition) is 12. The third kappa shape index (κ3) is 22.5. The monoisotopic (exact) mass is 1020 g/mol. The molecule has 0 aromatic carbocycles. The smallest absolute Gasteiger partial charge is 1.00 e. The molecule has 3 aliphatic carbocycles. The van der Waals surface area contributed by atoms with Gasteiger partial charge in [-0.1, -0.05) is 82.3 Å². The Morgan fingerprint density at radius 1 is 0.618 bits per heavy atom. The molecule has 17 heteroatoms. The Morgan fingerprint density at radius 3 is 1.47 bits per heavy atom. The molecule has 4 N–H and O–H groups in total. The number of Topliss-reactive ketones (excluding diaryl/α,β-unsaturated/α-hetero) is 1. The van der Waals surface area contributed by atoms with Crippen LogP contribution in [0.15, 0.2) is 73.2 Å². The molecule has 1 atom stereocenters. The van der Waals surface area contributed by atoms with Gasteiger partial charge in [-0.3, -0.25) is 14.8 Å². The summed E-state index contributed by atoms with van der Waals surface area (Å²) in [7, 11) is 0. The Labute approximate surface area is 431 Å². The van der Waals surface area contributed by atoms with Gasteiger partial charge in [-0.25, -0.2) is 14.4 Å². The molecule has 3 saturated carbocycles. The Morgan fingerprint density at radius 2 is 1.07 bits per heavy atom. The van der Waals surface area contributed by atoms with Crippen LogP contribution in [0.1, 0.15) is 181 Å². The number of pyridine rings is 3. The number of alkyl carbamates (subject to hydrolysis) is 3. The van der Waals surface area contributed by atoms with Crippen molar-refractivity contribution in [3.63, 3.8) is 0 Å². The van der Waals surface area contributed by atoms with Gasteiger partial charge in [0.05, 0.1) is 16.8 Å². The normalized spacial score (nSPS) is 17.3. The molecule has 68 heavy (non-hydrogen) atoms. The molecule has 3 aromatic heterocycles. The predicted octanol–water partition coefficient (Wildman–Crippen LogP) is 6.75. The minimum Gasteiger partial charge on any atom is -1.00 e. The van der Waals surface area contributed by atoms with Gasteiger partial charge in [-0.05, 0) is 125 Å². The van der Waals surface area contributed by atoms with Crippen LogP contribution in [0.4, 0.5) is 14.4 Å². The largest absolute Gasteiger partial charge is 2.00 e. The minimum absolute atomic E-state index is 0. The van der Waals surface area contributed by atoms with E-state index in [9.17, 15) is 29.1 Å². The Hall–Kier alpha value is -4.19. The summed E-state index contributed by atoms with van der Waals surface area (Å²) >= 11 is 0. The topological polar surface area (TPSA) is 208 Å². The first-order valence-corrected chi connectivity index (χ1v) is 23.3. The minimum atomic E-state index is -0.894. The number of nitrogens with zero attached hydrogens (tertiary/aromatic N) is 3. The van der Waals surface area contributed by atoms with Gasteiger partial charge in [0, 0.05) is 12.4 Å². The van der Waals surface area contributed by atoms with E-state index >= 15 is 0 Å². The van der Waals surface area contributed by atoms with Crippen LogP contribution < -0.4 is 32.9 Å². The van der Waals surface area contributed by atoms with Crippen molar-refractivity contribution < 1.29 is 60.3 Å². The van der Waals surface area contributed by atoms with Crippen LogP contribution >= 0.6 is 0 Å². The Balaban J connectivity index is 0.000000478. The van der Waals surface area contributed by atoms with Gasteiger partial charge in [-0.2, -0.15) is 18.2 Å². The summed E-state index contributed by atoms with van der Waals surface area (Å²) in [6.45, 7) is 16.3. The summed E-state index contributed by atoms with van der Waals surface area (Å²) in [6, 6.07) is 16.2. The second-order valence-electron chi connectivity index (χ2n) is 20.2. The van der Waals surface area contributed by atoms with E-state index in [1.807, 2.05) is 45.0 Å². The number of carbonyl (C=O) groups excluding carboxylic acids is 5. The number of nitrogens with one attached hydrogen (secondary N) is 3. The number of rotatable bonds is 8. The van der Waals surface area contributed by atoms with E-state index < -0.39 is 57.8 Å². The number of ketones is 1.